The molecule has 3 N–H and O–H groups in total. The van der Waals surface area contributed by atoms with Crippen LogP contribution in [0.15, 0.2) is 27.6 Å². The van der Waals surface area contributed by atoms with E-state index in [0.29, 0.717) is 17.5 Å². The largest absolute Gasteiger partial charge is 0.478 e. The molecule has 0 spiro atoms. The summed E-state index contributed by atoms with van der Waals surface area (Å²) in [6, 6.07) is 3.79. The number of aliphatic hydroxyl groups excluding tert-OH is 1. The SMILES string of the molecule is O=C(O)c1cc(S(=O)(=O)NCCCOCCO)ccc1Br. The van der Waals surface area contributed by atoms with Crippen molar-refractivity contribution in [3.8, 4) is 0 Å². The second-order valence-corrected chi connectivity index (χ2v) is 6.66. The van der Waals surface area contributed by atoms with Crippen molar-refractivity contribution in [3.05, 3.63) is 28.2 Å². The Morgan fingerprint density at radius 2 is 2.05 bits per heavy atom. The molecular formula is C12H16BrNO6S. The van der Waals surface area contributed by atoms with E-state index in [1.807, 2.05) is 0 Å². The molecule has 0 fully saturated rings. The smallest absolute Gasteiger partial charge is 0.336 e. The van der Waals surface area contributed by atoms with E-state index in [1.54, 1.807) is 0 Å². The molecule has 1 aromatic carbocycles. The van der Waals surface area contributed by atoms with Crippen LogP contribution in [0.5, 0.6) is 0 Å². The number of aromatic carboxylic acids is 1. The molecule has 0 aromatic heterocycles. The summed E-state index contributed by atoms with van der Waals surface area (Å²) in [5.74, 6) is -1.21. The van der Waals surface area contributed by atoms with Crippen LogP contribution in [-0.4, -0.2) is 51.0 Å². The third kappa shape index (κ3) is 5.71. The second kappa shape index (κ2) is 8.44. The molecule has 0 saturated heterocycles. The van der Waals surface area contributed by atoms with Crippen molar-refractivity contribution in [1.82, 2.24) is 4.72 Å². The summed E-state index contributed by atoms with van der Waals surface area (Å²) in [6.45, 7) is 0.611. The topological polar surface area (TPSA) is 113 Å². The molecule has 0 heterocycles. The van der Waals surface area contributed by atoms with Crippen molar-refractivity contribution in [2.45, 2.75) is 11.3 Å². The molecule has 0 atom stereocenters. The Bertz CT molecular complexity index is 589. The minimum atomic E-state index is -3.76. The van der Waals surface area contributed by atoms with E-state index in [2.05, 4.69) is 20.7 Å². The molecule has 0 aliphatic heterocycles. The predicted octanol–water partition coefficient (Wildman–Crippen LogP) is 0.825. The fourth-order valence-corrected chi connectivity index (χ4v) is 2.98. The van der Waals surface area contributed by atoms with Gasteiger partial charge in [-0.1, -0.05) is 0 Å². The van der Waals surface area contributed by atoms with E-state index in [0.717, 1.165) is 6.07 Å². The first-order valence-corrected chi connectivity index (χ1v) is 8.37. The van der Waals surface area contributed by atoms with Crippen LogP contribution in [0.25, 0.3) is 0 Å². The summed E-state index contributed by atoms with van der Waals surface area (Å²) >= 11 is 3.05. The lowest BCUT2D eigenvalue weighted by Gasteiger charge is -2.08. The molecule has 1 aromatic rings. The lowest BCUT2D eigenvalue weighted by Crippen LogP contribution is -2.26. The number of rotatable bonds is 9. The number of benzene rings is 1. The van der Waals surface area contributed by atoms with Crippen LogP contribution in [0.2, 0.25) is 0 Å². The van der Waals surface area contributed by atoms with Crippen LogP contribution < -0.4 is 4.72 Å². The maximum absolute atomic E-state index is 12.0. The van der Waals surface area contributed by atoms with E-state index >= 15 is 0 Å². The Labute approximate surface area is 131 Å². The molecule has 9 heteroatoms. The summed E-state index contributed by atoms with van der Waals surface area (Å²) in [7, 11) is -3.76. The maximum Gasteiger partial charge on any atom is 0.336 e. The zero-order valence-electron chi connectivity index (χ0n) is 11.1. The number of aliphatic hydroxyl groups is 1. The third-order valence-corrected chi connectivity index (χ3v) is 4.62. The maximum atomic E-state index is 12.0. The number of carboxylic acid groups (broad SMARTS) is 1. The zero-order valence-corrected chi connectivity index (χ0v) is 13.5. The fraction of sp³-hybridized carbons (Fsp3) is 0.417. The average Bonchev–Trinajstić information content (AvgIpc) is 2.42. The summed E-state index contributed by atoms with van der Waals surface area (Å²) < 4.78 is 31.7. The van der Waals surface area contributed by atoms with Crippen LogP contribution in [0.1, 0.15) is 16.8 Å². The summed E-state index contributed by atoms with van der Waals surface area (Å²) in [5, 5.41) is 17.5. The van der Waals surface area contributed by atoms with Crippen LogP contribution in [0, 0.1) is 0 Å². The van der Waals surface area contributed by atoms with Gasteiger partial charge in [0, 0.05) is 17.6 Å². The van der Waals surface area contributed by atoms with Gasteiger partial charge in [-0.15, -0.1) is 0 Å². The highest BCUT2D eigenvalue weighted by molar-refractivity contribution is 9.10. The number of carboxylic acids is 1. The molecule has 7 nitrogen and oxygen atoms in total. The van der Waals surface area contributed by atoms with E-state index in [4.69, 9.17) is 14.9 Å². The Kier molecular flexibility index (Phi) is 7.26. The van der Waals surface area contributed by atoms with E-state index < -0.39 is 16.0 Å². The molecule has 0 unspecified atom stereocenters. The number of sulfonamides is 1. The minimum Gasteiger partial charge on any atom is -0.478 e. The van der Waals surface area contributed by atoms with Gasteiger partial charge < -0.3 is 14.9 Å². The van der Waals surface area contributed by atoms with Gasteiger partial charge in [0.05, 0.1) is 23.7 Å². The molecule has 0 amide bonds. The lowest BCUT2D eigenvalue weighted by molar-refractivity contribution is 0.0695. The van der Waals surface area contributed by atoms with E-state index in [9.17, 15) is 13.2 Å². The van der Waals surface area contributed by atoms with Gasteiger partial charge in [0.25, 0.3) is 0 Å². The van der Waals surface area contributed by atoms with Gasteiger partial charge in [-0.05, 0) is 40.5 Å². The third-order valence-electron chi connectivity index (χ3n) is 2.47. The van der Waals surface area contributed by atoms with Gasteiger partial charge in [-0.25, -0.2) is 17.9 Å². The highest BCUT2D eigenvalue weighted by Crippen LogP contribution is 2.21. The monoisotopic (exact) mass is 381 g/mol. The van der Waals surface area contributed by atoms with Crippen LogP contribution in [0.3, 0.4) is 0 Å². The van der Waals surface area contributed by atoms with Gasteiger partial charge in [0.15, 0.2) is 0 Å². The molecule has 0 aliphatic rings. The van der Waals surface area contributed by atoms with Gasteiger partial charge >= 0.3 is 5.97 Å². The normalized spacial score (nSPS) is 11.5. The molecule has 0 aliphatic carbocycles. The summed E-state index contributed by atoms with van der Waals surface area (Å²) in [6.07, 6.45) is 0.446. The van der Waals surface area contributed by atoms with Crippen molar-refractivity contribution in [2.75, 3.05) is 26.4 Å². The van der Waals surface area contributed by atoms with Crippen molar-refractivity contribution >= 4 is 31.9 Å². The van der Waals surface area contributed by atoms with Crippen LogP contribution in [0.4, 0.5) is 0 Å². The van der Waals surface area contributed by atoms with Gasteiger partial charge in [-0.3, -0.25) is 0 Å². The predicted molar refractivity (Wildman–Crippen MR) is 78.8 cm³/mol. The van der Waals surface area contributed by atoms with E-state index in [-0.39, 0.29) is 30.2 Å². The number of carbonyl (C=O) groups is 1. The van der Waals surface area contributed by atoms with Crippen LogP contribution in [-0.2, 0) is 14.8 Å². The number of hydrogen-bond donors (Lipinski definition) is 3. The molecule has 0 bridgehead atoms. The Morgan fingerprint density at radius 3 is 2.67 bits per heavy atom. The van der Waals surface area contributed by atoms with Gasteiger partial charge in [-0.2, -0.15) is 0 Å². The molecule has 118 valence electrons. The number of ether oxygens (including phenoxy) is 1. The second-order valence-electron chi connectivity index (χ2n) is 4.03. The van der Waals surface area contributed by atoms with Gasteiger partial charge in [0.1, 0.15) is 0 Å². The molecule has 1 rings (SSSR count). The molecule has 0 radical (unpaired) electrons. The van der Waals surface area contributed by atoms with Crippen molar-refractivity contribution in [3.63, 3.8) is 0 Å². The minimum absolute atomic E-state index is 0.0808. The Balaban J connectivity index is 2.66. The van der Waals surface area contributed by atoms with Gasteiger partial charge in [0.2, 0.25) is 10.0 Å². The van der Waals surface area contributed by atoms with Crippen molar-refractivity contribution < 1.29 is 28.2 Å². The number of hydrogen-bond acceptors (Lipinski definition) is 5. The highest BCUT2D eigenvalue weighted by Gasteiger charge is 2.17. The number of nitrogens with one attached hydrogen (secondary N) is 1. The van der Waals surface area contributed by atoms with E-state index in [1.165, 1.54) is 12.1 Å². The first-order valence-electron chi connectivity index (χ1n) is 6.09. The fourth-order valence-electron chi connectivity index (χ4n) is 1.47. The van der Waals surface area contributed by atoms with Crippen molar-refractivity contribution in [1.29, 1.82) is 0 Å². The Morgan fingerprint density at radius 1 is 1.33 bits per heavy atom. The summed E-state index contributed by atoms with van der Waals surface area (Å²) in [4.78, 5) is 10.9. The highest BCUT2D eigenvalue weighted by atomic mass is 79.9. The van der Waals surface area contributed by atoms with Crippen LogP contribution >= 0.6 is 15.9 Å². The molecule has 21 heavy (non-hydrogen) atoms. The standard InChI is InChI=1S/C12H16BrNO6S/c13-11-3-2-9(8-10(11)12(16)17)21(18,19)14-4-1-6-20-7-5-15/h2-3,8,14-15H,1,4-7H2,(H,16,17). The first kappa shape index (κ1) is 18.1. The Hall–Kier alpha value is -1.00. The first-order chi connectivity index (χ1) is 9.88. The lowest BCUT2D eigenvalue weighted by atomic mass is 10.2. The number of halogens is 1. The summed E-state index contributed by atoms with van der Waals surface area (Å²) in [5.41, 5.74) is -0.121. The molecule has 0 saturated carbocycles. The quantitative estimate of drug-likeness (QED) is 0.546. The molecular weight excluding hydrogens is 366 g/mol. The van der Waals surface area contributed by atoms with Crippen molar-refractivity contribution in [2.24, 2.45) is 0 Å². The average molecular weight is 382 g/mol. The zero-order chi connectivity index (χ0) is 15.9.